The van der Waals surface area contributed by atoms with Gasteiger partial charge in [-0.3, -0.25) is 4.79 Å². The fourth-order valence-electron chi connectivity index (χ4n) is 2.20. The summed E-state index contributed by atoms with van der Waals surface area (Å²) in [7, 11) is 0. The molecule has 7 heteroatoms. The molecule has 0 unspecified atom stereocenters. The van der Waals surface area contributed by atoms with E-state index in [4.69, 9.17) is 13.9 Å². The second-order valence-corrected chi connectivity index (χ2v) is 5.07. The molecule has 1 N–H and O–H groups in total. The normalized spacial score (nSPS) is 10.4. The van der Waals surface area contributed by atoms with Crippen molar-refractivity contribution in [3.8, 4) is 17.2 Å². The molecular formula is C18H12O7. The molecule has 3 rings (SSSR count). The summed E-state index contributed by atoms with van der Waals surface area (Å²) in [6, 6.07) is 12.2. The second kappa shape index (κ2) is 6.48. The minimum atomic E-state index is -1.08. The highest BCUT2D eigenvalue weighted by molar-refractivity contribution is 5.95. The van der Waals surface area contributed by atoms with E-state index in [1.165, 1.54) is 37.3 Å². The van der Waals surface area contributed by atoms with E-state index in [9.17, 15) is 19.5 Å². The molecule has 0 aliphatic rings. The van der Waals surface area contributed by atoms with Crippen LogP contribution in [-0.4, -0.2) is 17.0 Å². The van der Waals surface area contributed by atoms with Crippen LogP contribution in [0.5, 0.6) is 17.2 Å². The van der Waals surface area contributed by atoms with E-state index in [1.807, 2.05) is 0 Å². The molecule has 25 heavy (non-hydrogen) atoms. The predicted molar refractivity (Wildman–Crippen MR) is 86.9 cm³/mol. The van der Waals surface area contributed by atoms with Gasteiger partial charge in [0.15, 0.2) is 5.75 Å². The minimum Gasteiger partial charge on any atom is -0.499 e. The molecule has 0 fully saturated rings. The first kappa shape index (κ1) is 16.3. The molecule has 3 aromatic rings. The van der Waals surface area contributed by atoms with Crippen molar-refractivity contribution in [2.24, 2.45) is 0 Å². The van der Waals surface area contributed by atoms with Crippen LogP contribution in [0.3, 0.4) is 0 Å². The molecule has 0 saturated carbocycles. The van der Waals surface area contributed by atoms with E-state index in [2.05, 4.69) is 0 Å². The van der Waals surface area contributed by atoms with Crippen LogP contribution in [0.25, 0.3) is 11.0 Å². The molecule has 0 spiro atoms. The lowest BCUT2D eigenvalue weighted by Crippen LogP contribution is -2.11. The van der Waals surface area contributed by atoms with E-state index >= 15 is 0 Å². The lowest BCUT2D eigenvalue weighted by molar-refractivity contribution is -0.131. The topological polar surface area (TPSA) is 103 Å². The third-order valence-corrected chi connectivity index (χ3v) is 3.27. The van der Waals surface area contributed by atoms with Gasteiger partial charge in [-0.05, 0) is 24.3 Å². The number of rotatable bonds is 3. The van der Waals surface area contributed by atoms with Gasteiger partial charge in [-0.15, -0.1) is 0 Å². The maximum atomic E-state index is 12.2. The number of ether oxygens (including phenoxy) is 2. The van der Waals surface area contributed by atoms with Gasteiger partial charge in [-0.25, -0.2) is 9.59 Å². The molecule has 0 aliphatic carbocycles. The minimum absolute atomic E-state index is 0.00240. The predicted octanol–water partition coefficient (Wildman–Crippen LogP) is 2.64. The highest BCUT2D eigenvalue weighted by atomic mass is 16.5. The first-order valence-corrected chi connectivity index (χ1v) is 7.21. The Hall–Kier alpha value is -3.61. The van der Waals surface area contributed by atoms with Crippen molar-refractivity contribution in [3.05, 3.63) is 64.5 Å². The zero-order valence-electron chi connectivity index (χ0n) is 13.0. The van der Waals surface area contributed by atoms with Gasteiger partial charge in [0.05, 0.1) is 10.9 Å². The Morgan fingerprint density at radius 3 is 2.44 bits per heavy atom. The Kier molecular flexibility index (Phi) is 4.21. The van der Waals surface area contributed by atoms with Crippen LogP contribution in [0.4, 0.5) is 0 Å². The molecule has 2 aromatic carbocycles. The lowest BCUT2D eigenvalue weighted by atomic mass is 10.2. The van der Waals surface area contributed by atoms with Gasteiger partial charge >= 0.3 is 17.6 Å². The van der Waals surface area contributed by atoms with Crippen molar-refractivity contribution in [2.45, 2.75) is 6.92 Å². The second-order valence-electron chi connectivity index (χ2n) is 5.07. The Balaban J connectivity index is 2.07. The molecule has 0 radical (unpaired) electrons. The third kappa shape index (κ3) is 3.35. The summed E-state index contributed by atoms with van der Waals surface area (Å²) in [4.78, 5) is 35.0. The van der Waals surface area contributed by atoms with Crippen LogP contribution < -0.4 is 15.1 Å². The van der Waals surface area contributed by atoms with Crippen LogP contribution in [0.1, 0.15) is 17.3 Å². The standard InChI is InChI=1S/C18H12O7/c1-10(19)23-12-7-8-13-14(9-12)24-18(22)15(20)16(13)25-17(21)11-5-3-2-4-6-11/h2-9,20H,1H3. The molecule has 0 bridgehead atoms. The van der Waals surface area contributed by atoms with Gasteiger partial charge in [0.2, 0.25) is 5.75 Å². The van der Waals surface area contributed by atoms with E-state index in [0.717, 1.165) is 0 Å². The van der Waals surface area contributed by atoms with Gasteiger partial charge in [0.25, 0.3) is 0 Å². The van der Waals surface area contributed by atoms with Crippen LogP contribution >= 0.6 is 0 Å². The monoisotopic (exact) mass is 340 g/mol. The summed E-state index contributed by atoms with van der Waals surface area (Å²) in [5.74, 6) is -2.29. The van der Waals surface area contributed by atoms with Gasteiger partial charge < -0.3 is 19.0 Å². The summed E-state index contributed by atoms with van der Waals surface area (Å²) in [6.07, 6.45) is 0. The molecule has 0 saturated heterocycles. The first-order valence-electron chi connectivity index (χ1n) is 7.21. The Morgan fingerprint density at radius 1 is 1.04 bits per heavy atom. The maximum Gasteiger partial charge on any atom is 0.382 e. The van der Waals surface area contributed by atoms with Gasteiger partial charge in [-0.2, -0.15) is 0 Å². The smallest absolute Gasteiger partial charge is 0.382 e. The average molecular weight is 340 g/mol. The third-order valence-electron chi connectivity index (χ3n) is 3.27. The number of carbonyl (C=O) groups is 2. The van der Waals surface area contributed by atoms with Crippen molar-refractivity contribution in [3.63, 3.8) is 0 Å². The van der Waals surface area contributed by atoms with Crippen LogP contribution in [-0.2, 0) is 4.79 Å². The van der Waals surface area contributed by atoms with Crippen molar-refractivity contribution in [1.29, 1.82) is 0 Å². The Labute approximate surface area is 141 Å². The average Bonchev–Trinajstić information content (AvgIpc) is 2.59. The van der Waals surface area contributed by atoms with Crippen molar-refractivity contribution >= 4 is 22.9 Å². The molecule has 0 aliphatic heterocycles. The molecule has 7 nitrogen and oxygen atoms in total. The molecular weight excluding hydrogens is 328 g/mol. The molecule has 0 atom stereocenters. The maximum absolute atomic E-state index is 12.2. The Bertz CT molecular complexity index is 1020. The Morgan fingerprint density at radius 2 is 1.76 bits per heavy atom. The van der Waals surface area contributed by atoms with Crippen molar-refractivity contribution in [1.82, 2.24) is 0 Å². The summed E-state index contributed by atoms with van der Waals surface area (Å²) in [6.45, 7) is 1.23. The highest BCUT2D eigenvalue weighted by Crippen LogP contribution is 2.34. The van der Waals surface area contributed by atoms with E-state index in [1.54, 1.807) is 18.2 Å². The quantitative estimate of drug-likeness (QED) is 0.444. The zero-order chi connectivity index (χ0) is 18.0. The van der Waals surface area contributed by atoms with Gasteiger partial charge in [0, 0.05) is 13.0 Å². The molecule has 126 valence electrons. The summed E-state index contributed by atoms with van der Waals surface area (Å²) >= 11 is 0. The number of hydrogen-bond donors (Lipinski definition) is 1. The largest absolute Gasteiger partial charge is 0.499 e. The summed E-state index contributed by atoms with van der Waals surface area (Å²) in [5.41, 5.74) is -0.833. The zero-order valence-corrected chi connectivity index (χ0v) is 13.0. The van der Waals surface area contributed by atoms with E-state index < -0.39 is 23.3 Å². The lowest BCUT2D eigenvalue weighted by Gasteiger charge is -2.09. The van der Waals surface area contributed by atoms with Gasteiger partial charge in [-0.1, -0.05) is 18.2 Å². The SMILES string of the molecule is CC(=O)Oc1ccc2c(OC(=O)c3ccccc3)c(O)c(=O)oc2c1. The van der Waals surface area contributed by atoms with E-state index in [0.29, 0.717) is 0 Å². The number of aromatic hydroxyl groups is 1. The van der Waals surface area contributed by atoms with Crippen molar-refractivity contribution in [2.75, 3.05) is 0 Å². The number of fused-ring (bicyclic) bond motifs is 1. The first-order chi connectivity index (χ1) is 12.0. The molecule has 1 heterocycles. The van der Waals surface area contributed by atoms with Crippen LogP contribution in [0.15, 0.2) is 57.7 Å². The summed E-state index contributed by atoms with van der Waals surface area (Å²) < 4.78 is 15.1. The molecule has 0 amide bonds. The van der Waals surface area contributed by atoms with Crippen LogP contribution in [0.2, 0.25) is 0 Å². The fraction of sp³-hybridized carbons (Fsp3) is 0.0556. The van der Waals surface area contributed by atoms with Crippen LogP contribution in [0, 0.1) is 0 Å². The van der Waals surface area contributed by atoms with E-state index in [-0.39, 0.29) is 28.0 Å². The number of carbonyl (C=O) groups excluding carboxylic acids is 2. The molecule has 1 aromatic heterocycles. The fourth-order valence-corrected chi connectivity index (χ4v) is 2.20. The van der Waals surface area contributed by atoms with Gasteiger partial charge in [0.1, 0.15) is 11.3 Å². The number of hydrogen-bond acceptors (Lipinski definition) is 7. The number of benzene rings is 2. The number of esters is 2. The van der Waals surface area contributed by atoms with Crippen molar-refractivity contribution < 1.29 is 28.6 Å². The summed E-state index contributed by atoms with van der Waals surface area (Å²) in [5, 5.41) is 10.1. The highest BCUT2D eigenvalue weighted by Gasteiger charge is 2.20.